The second kappa shape index (κ2) is 9.69. The second-order valence-corrected chi connectivity index (χ2v) is 8.74. The summed E-state index contributed by atoms with van der Waals surface area (Å²) in [6, 6.07) is 14.6. The molecule has 158 valence electrons. The van der Waals surface area contributed by atoms with Crippen LogP contribution in [0.25, 0.3) is 11.1 Å². The molecule has 0 amide bonds. The number of ether oxygens (including phenoxy) is 1. The number of hydrogen-bond donors (Lipinski definition) is 0. The van der Waals surface area contributed by atoms with Gasteiger partial charge in [0.15, 0.2) is 0 Å². The van der Waals surface area contributed by atoms with E-state index in [2.05, 4.69) is 42.8 Å². The molecule has 29 heavy (non-hydrogen) atoms. The van der Waals surface area contributed by atoms with Gasteiger partial charge in [-0.1, -0.05) is 69.5 Å². The van der Waals surface area contributed by atoms with Gasteiger partial charge in [0.2, 0.25) is 0 Å². The fourth-order valence-electron chi connectivity index (χ4n) is 4.40. The first-order valence-electron chi connectivity index (χ1n) is 10.8. The number of benzene rings is 2. The SMILES string of the molecule is CC(C)CCCC1CCC(c2ccc(-c3ccc(OC(F)(F)F)cc3)cc2)CC1. The zero-order chi connectivity index (χ0) is 20.9. The first kappa shape index (κ1) is 21.7. The Balaban J connectivity index is 1.53. The fraction of sp³-hybridized carbons (Fsp3) is 0.520. The van der Waals surface area contributed by atoms with Gasteiger partial charge in [0, 0.05) is 0 Å². The van der Waals surface area contributed by atoms with Crippen LogP contribution in [0.15, 0.2) is 48.5 Å². The molecule has 0 aliphatic heterocycles. The third kappa shape index (κ3) is 6.80. The number of hydrogen-bond acceptors (Lipinski definition) is 1. The highest BCUT2D eigenvalue weighted by atomic mass is 19.4. The molecular formula is C25H31F3O. The van der Waals surface area contributed by atoms with Crippen molar-refractivity contribution in [2.75, 3.05) is 0 Å². The van der Waals surface area contributed by atoms with Gasteiger partial charge in [-0.25, -0.2) is 0 Å². The summed E-state index contributed by atoms with van der Waals surface area (Å²) in [4.78, 5) is 0. The lowest BCUT2D eigenvalue weighted by molar-refractivity contribution is -0.274. The molecule has 0 aromatic heterocycles. The van der Waals surface area contributed by atoms with E-state index in [1.807, 2.05) is 0 Å². The van der Waals surface area contributed by atoms with E-state index < -0.39 is 6.36 Å². The number of rotatable bonds is 7. The van der Waals surface area contributed by atoms with Crippen LogP contribution in [0.3, 0.4) is 0 Å². The Kier molecular flexibility index (Phi) is 7.26. The molecule has 0 radical (unpaired) electrons. The van der Waals surface area contributed by atoms with E-state index in [0.717, 1.165) is 23.0 Å². The summed E-state index contributed by atoms with van der Waals surface area (Å²) in [6.07, 6.45) is 4.58. The normalized spacial score (nSPS) is 20.1. The minimum absolute atomic E-state index is 0.192. The minimum atomic E-state index is -4.66. The molecule has 4 heteroatoms. The topological polar surface area (TPSA) is 9.23 Å². The lowest BCUT2D eigenvalue weighted by Crippen LogP contribution is -2.16. The van der Waals surface area contributed by atoms with Gasteiger partial charge in [0.25, 0.3) is 0 Å². The van der Waals surface area contributed by atoms with Crippen molar-refractivity contribution in [1.29, 1.82) is 0 Å². The predicted molar refractivity (Wildman–Crippen MR) is 112 cm³/mol. The van der Waals surface area contributed by atoms with Crippen molar-refractivity contribution in [2.24, 2.45) is 11.8 Å². The summed E-state index contributed by atoms with van der Waals surface area (Å²) < 4.78 is 40.8. The highest BCUT2D eigenvalue weighted by Crippen LogP contribution is 2.38. The van der Waals surface area contributed by atoms with Crippen molar-refractivity contribution in [3.8, 4) is 16.9 Å². The van der Waals surface area contributed by atoms with Gasteiger partial charge >= 0.3 is 6.36 Å². The molecule has 0 saturated heterocycles. The molecule has 2 aromatic carbocycles. The zero-order valence-electron chi connectivity index (χ0n) is 17.3. The molecule has 1 nitrogen and oxygen atoms in total. The lowest BCUT2D eigenvalue weighted by Gasteiger charge is -2.29. The molecule has 0 unspecified atom stereocenters. The third-order valence-corrected chi connectivity index (χ3v) is 6.04. The largest absolute Gasteiger partial charge is 0.573 e. The highest BCUT2D eigenvalue weighted by molar-refractivity contribution is 5.64. The van der Waals surface area contributed by atoms with Crippen LogP contribution in [0.2, 0.25) is 0 Å². The Morgan fingerprint density at radius 3 is 1.93 bits per heavy atom. The maximum absolute atomic E-state index is 12.3. The maximum atomic E-state index is 12.3. The number of alkyl halides is 3. The van der Waals surface area contributed by atoms with Crippen LogP contribution in [0, 0.1) is 11.8 Å². The summed E-state index contributed by atoms with van der Waals surface area (Å²) in [6.45, 7) is 4.59. The molecule has 2 aromatic rings. The third-order valence-electron chi connectivity index (χ3n) is 6.04. The maximum Gasteiger partial charge on any atom is 0.573 e. The number of halogens is 3. The van der Waals surface area contributed by atoms with E-state index >= 15 is 0 Å². The molecule has 1 aliphatic rings. The minimum Gasteiger partial charge on any atom is -0.406 e. The van der Waals surface area contributed by atoms with Crippen LogP contribution in [-0.4, -0.2) is 6.36 Å². The fourth-order valence-corrected chi connectivity index (χ4v) is 4.40. The molecule has 0 N–H and O–H groups in total. The summed E-state index contributed by atoms with van der Waals surface area (Å²) in [7, 11) is 0. The quantitative estimate of drug-likeness (QED) is 0.450. The molecule has 0 atom stereocenters. The van der Waals surface area contributed by atoms with Crippen LogP contribution in [0.4, 0.5) is 13.2 Å². The monoisotopic (exact) mass is 404 g/mol. The van der Waals surface area contributed by atoms with Crippen molar-refractivity contribution in [2.45, 2.75) is 71.1 Å². The summed E-state index contributed by atoms with van der Waals surface area (Å²) >= 11 is 0. The first-order valence-corrected chi connectivity index (χ1v) is 10.8. The summed E-state index contributed by atoms with van der Waals surface area (Å²) in [5.74, 6) is 2.14. The second-order valence-electron chi connectivity index (χ2n) is 8.74. The van der Waals surface area contributed by atoms with Crippen LogP contribution < -0.4 is 4.74 Å². The van der Waals surface area contributed by atoms with Gasteiger partial charge < -0.3 is 4.74 Å². The Morgan fingerprint density at radius 2 is 1.41 bits per heavy atom. The average Bonchev–Trinajstić information content (AvgIpc) is 2.68. The van der Waals surface area contributed by atoms with Crippen molar-refractivity contribution in [3.05, 3.63) is 54.1 Å². The van der Waals surface area contributed by atoms with E-state index in [-0.39, 0.29) is 5.75 Å². The van der Waals surface area contributed by atoms with Gasteiger partial charge in [-0.3, -0.25) is 0 Å². The van der Waals surface area contributed by atoms with Crippen molar-refractivity contribution < 1.29 is 17.9 Å². The van der Waals surface area contributed by atoms with E-state index in [1.54, 1.807) is 12.1 Å². The van der Waals surface area contributed by atoms with Crippen molar-refractivity contribution in [3.63, 3.8) is 0 Å². The van der Waals surface area contributed by atoms with Gasteiger partial charge in [0.1, 0.15) is 5.75 Å². The Bertz CT molecular complexity index is 739. The smallest absolute Gasteiger partial charge is 0.406 e. The zero-order valence-corrected chi connectivity index (χ0v) is 17.3. The van der Waals surface area contributed by atoms with Crippen LogP contribution >= 0.6 is 0 Å². The van der Waals surface area contributed by atoms with Gasteiger partial charge in [-0.2, -0.15) is 0 Å². The standard InChI is InChI=1S/C25H31F3O/c1-18(2)4-3-5-19-6-8-20(9-7-19)21-10-12-22(13-11-21)23-14-16-24(17-15-23)29-25(26,27)28/h10-20H,3-9H2,1-2H3. The van der Waals surface area contributed by atoms with Crippen LogP contribution in [-0.2, 0) is 0 Å². The van der Waals surface area contributed by atoms with Crippen LogP contribution in [0.1, 0.15) is 70.3 Å². The lowest BCUT2D eigenvalue weighted by atomic mass is 9.76. The van der Waals surface area contributed by atoms with Crippen molar-refractivity contribution in [1.82, 2.24) is 0 Å². The highest BCUT2D eigenvalue weighted by Gasteiger charge is 2.31. The first-order chi connectivity index (χ1) is 13.8. The average molecular weight is 405 g/mol. The van der Waals surface area contributed by atoms with Gasteiger partial charge in [-0.05, 0) is 72.3 Å². The molecule has 0 spiro atoms. The predicted octanol–water partition coefficient (Wildman–Crippen LogP) is 8.35. The Morgan fingerprint density at radius 1 is 0.862 bits per heavy atom. The summed E-state index contributed by atoms with van der Waals surface area (Å²) in [5, 5.41) is 0. The molecular weight excluding hydrogens is 373 g/mol. The molecule has 1 saturated carbocycles. The van der Waals surface area contributed by atoms with E-state index in [4.69, 9.17) is 0 Å². The van der Waals surface area contributed by atoms with Crippen molar-refractivity contribution >= 4 is 0 Å². The van der Waals surface area contributed by atoms with E-state index in [0.29, 0.717) is 5.92 Å². The molecule has 0 bridgehead atoms. The van der Waals surface area contributed by atoms with Gasteiger partial charge in [0.05, 0.1) is 0 Å². The molecule has 1 fully saturated rings. The summed E-state index contributed by atoms with van der Waals surface area (Å²) in [5.41, 5.74) is 3.28. The van der Waals surface area contributed by atoms with E-state index in [9.17, 15) is 13.2 Å². The Labute approximate surface area is 172 Å². The van der Waals surface area contributed by atoms with Gasteiger partial charge in [-0.15, -0.1) is 13.2 Å². The van der Waals surface area contributed by atoms with E-state index in [1.165, 1.54) is 62.6 Å². The van der Waals surface area contributed by atoms with Crippen LogP contribution in [0.5, 0.6) is 5.75 Å². The Hall–Kier alpha value is -1.97. The molecule has 3 rings (SSSR count). The molecule has 1 aliphatic carbocycles. The molecule has 0 heterocycles.